The smallest absolute Gasteiger partial charge is 0.298 e. The number of hydrogen-bond acceptors (Lipinski definition) is 4. The zero-order valence-electron chi connectivity index (χ0n) is 9.06. The van der Waals surface area contributed by atoms with Crippen molar-refractivity contribution in [2.24, 2.45) is 0 Å². The highest BCUT2D eigenvalue weighted by Crippen LogP contribution is 2.12. The second-order valence-corrected chi connectivity index (χ2v) is 4.88. The fourth-order valence-electron chi connectivity index (χ4n) is 0.982. The van der Waals surface area contributed by atoms with Gasteiger partial charge >= 0.3 is 0 Å². The van der Waals surface area contributed by atoms with Crippen LogP contribution in [-0.4, -0.2) is 21.1 Å². The molecule has 0 saturated carbocycles. The zero-order chi connectivity index (χ0) is 12.2. The first-order valence-corrected chi connectivity index (χ1v) is 6.03. The van der Waals surface area contributed by atoms with Crippen LogP contribution in [0.2, 0.25) is 0 Å². The molecule has 1 aromatic carbocycles. The first-order valence-electron chi connectivity index (χ1n) is 4.62. The largest absolute Gasteiger partial charge is 0.332 e. The quantitative estimate of drug-likeness (QED) is 0.627. The Morgan fingerprint density at radius 3 is 2.38 bits per heavy atom. The average molecular weight is 243 g/mol. The summed E-state index contributed by atoms with van der Waals surface area (Å²) in [7, 11) is -3.79. The van der Waals surface area contributed by atoms with Crippen molar-refractivity contribution in [3.63, 3.8) is 0 Å². The number of nitrogens with one attached hydrogen (secondary N) is 1. The van der Waals surface area contributed by atoms with Gasteiger partial charge in [-0.15, -0.1) is 0 Å². The molecule has 88 valence electrons. The number of rotatable bonds is 4. The molecule has 1 N–H and O–H groups in total. The van der Waals surface area contributed by atoms with Crippen molar-refractivity contribution in [1.82, 2.24) is 5.32 Å². The fourth-order valence-corrected chi connectivity index (χ4v) is 1.80. The molecule has 0 aliphatic heterocycles. The van der Waals surface area contributed by atoms with E-state index in [0.717, 1.165) is 5.56 Å². The Balaban J connectivity index is 2.71. The summed E-state index contributed by atoms with van der Waals surface area (Å²) in [5.74, 6) is -0.348. The maximum atomic E-state index is 11.6. The minimum atomic E-state index is -3.79. The van der Waals surface area contributed by atoms with Gasteiger partial charge in [0.1, 0.15) is 6.73 Å². The van der Waals surface area contributed by atoms with Crippen molar-refractivity contribution < 1.29 is 17.4 Å². The van der Waals surface area contributed by atoms with Crippen molar-refractivity contribution in [1.29, 1.82) is 0 Å². The van der Waals surface area contributed by atoms with Gasteiger partial charge in [-0.2, -0.15) is 8.42 Å². The van der Waals surface area contributed by atoms with E-state index in [2.05, 4.69) is 9.50 Å². The molecule has 0 spiro atoms. The number of hydrogen-bond donors (Lipinski definition) is 1. The van der Waals surface area contributed by atoms with Crippen LogP contribution in [0.5, 0.6) is 0 Å². The Labute approximate surface area is 94.6 Å². The standard InChI is InChI=1S/C10H13NO4S/c1-8-3-5-10(6-4-8)16(13,14)15-7-11-9(2)12/h3-6H,7H2,1-2H3,(H,11,12). The normalized spacial score (nSPS) is 11.1. The van der Waals surface area contributed by atoms with Gasteiger partial charge in [-0.1, -0.05) is 17.7 Å². The van der Waals surface area contributed by atoms with E-state index in [-0.39, 0.29) is 17.5 Å². The van der Waals surface area contributed by atoms with Gasteiger partial charge < -0.3 is 5.32 Å². The molecule has 5 nitrogen and oxygen atoms in total. The minimum Gasteiger partial charge on any atom is -0.332 e. The number of carbonyl (C=O) groups is 1. The van der Waals surface area contributed by atoms with Crippen LogP contribution in [0.15, 0.2) is 29.2 Å². The highest BCUT2D eigenvalue weighted by molar-refractivity contribution is 7.86. The van der Waals surface area contributed by atoms with Gasteiger partial charge in [0.25, 0.3) is 10.1 Å². The third kappa shape index (κ3) is 3.63. The molecule has 0 fully saturated rings. The van der Waals surface area contributed by atoms with Crippen molar-refractivity contribution >= 4 is 16.0 Å². The molecule has 0 bridgehead atoms. The maximum Gasteiger partial charge on any atom is 0.298 e. The third-order valence-corrected chi connectivity index (χ3v) is 3.12. The van der Waals surface area contributed by atoms with Gasteiger partial charge in [-0.05, 0) is 19.1 Å². The van der Waals surface area contributed by atoms with Crippen LogP contribution in [0.4, 0.5) is 0 Å². The summed E-state index contributed by atoms with van der Waals surface area (Å²) in [5.41, 5.74) is 0.959. The van der Waals surface area contributed by atoms with Gasteiger partial charge in [0, 0.05) is 6.92 Å². The van der Waals surface area contributed by atoms with E-state index in [4.69, 9.17) is 0 Å². The molecular formula is C10H13NO4S. The Kier molecular flexibility index (Phi) is 4.03. The Bertz CT molecular complexity index is 464. The van der Waals surface area contributed by atoms with Crippen molar-refractivity contribution in [3.8, 4) is 0 Å². The molecular weight excluding hydrogens is 230 g/mol. The molecule has 16 heavy (non-hydrogen) atoms. The summed E-state index contributed by atoms with van der Waals surface area (Å²) in [6.45, 7) is 2.78. The van der Waals surface area contributed by atoms with Crippen molar-refractivity contribution in [2.45, 2.75) is 18.7 Å². The van der Waals surface area contributed by atoms with E-state index in [9.17, 15) is 13.2 Å². The lowest BCUT2D eigenvalue weighted by atomic mass is 10.2. The van der Waals surface area contributed by atoms with E-state index in [1.54, 1.807) is 12.1 Å². The topological polar surface area (TPSA) is 72.5 Å². The lowest BCUT2D eigenvalue weighted by Gasteiger charge is -2.05. The average Bonchev–Trinajstić information content (AvgIpc) is 2.17. The summed E-state index contributed by atoms with van der Waals surface area (Å²) >= 11 is 0. The second kappa shape index (κ2) is 5.09. The van der Waals surface area contributed by atoms with Crippen LogP contribution in [-0.2, 0) is 19.1 Å². The Morgan fingerprint density at radius 1 is 1.31 bits per heavy atom. The molecule has 1 rings (SSSR count). The molecule has 0 aliphatic carbocycles. The molecule has 0 aliphatic rings. The highest BCUT2D eigenvalue weighted by atomic mass is 32.2. The first-order chi connectivity index (χ1) is 7.42. The summed E-state index contributed by atoms with van der Waals surface area (Å²) in [6.07, 6.45) is 0. The van der Waals surface area contributed by atoms with E-state index in [1.807, 2.05) is 6.92 Å². The van der Waals surface area contributed by atoms with Crippen molar-refractivity contribution in [3.05, 3.63) is 29.8 Å². The molecule has 0 unspecified atom stereocenters. The van der Waals surface area contributed by atoms with Gasteiger partial charge in [0.2, 0.25) is 5.91 Å². The minimum absolute atomic E-state index is 0.0726. The third-order valence-electron chi connectivity index (χ3n) is 1.84. The maximum absolute atomic E-state index is 11.6. The second-order valence-electron chi connectivity index (χ2n) is 3.26. The number of carbonyl (C=O) groups excluding carboxylic acids is 1. The van der Waals surface area contributed by atoms with Crippen LogP contribution in [0, 0.1) is 6.92 Å². The molecule has 1 amide bonds. The zero-order valence-corrected chi connectivity index (χ0v) is 9.87. The Morgan fingerprint density at radius 2 is 1.88 bits per heavy atom. The number of aryl methyl sites for hydroxylation is 1. The molecule has 6 heteroatoms. The summed E-state index contributed by atoms with van der Waals surface area (Å²) in [6, 6.07) is 6.26. The molecule has 0 radical (unpaired) electrons. The van der Waals surface area contributed by atoms with Crippen LogP contribution in [0.3, 0.4) is 0 Å². The lowest BCUT2D eigenvalue weighted by molar-refractivity contribution is -0.119. The van der Waals surface area contributed by atoms with E-state index in [1.165, 1.54) is 19.1 Å². The van der Waals surface area contributed by atoms with Gasteiger partial charge in [0.05, 0.1) is 4.90 Å². The number of amides is 1. The first kappa shape index (κ1) is 12.7. The predicted octanol–water partition coefficient (Wildman–Crippen LogP) is 0.794. The van der Waals surface area contributed by atoms with Crippen LogP contribution in [0.1, 0.15) is 12.5 Å². The molecule has 0 saturated heterocycles. The summed E-state index contributed by atoms with van der Waals surface area (Å²) in [5, 5.41) is 2.24. The van der Waals surface area contributed by atoms with Gasteiger partial charge in [0.15, 0.2) is 0 Å². The van der Waals surface area contributed by atoms with Gasteiger partial charge in [-0.25, -0.2) is 4.18 Å². The molecule has 0 heterocycles. The van der Waals surface area contributed by atoms with Crippen molar-refractivity contribution in [2.75, 3.05) is 6.73 Å². The SMILES string of the molecule is CC(=O)NCOS(=O)(=O)c1ccc(C)cc1. The van der Waals surface area contributed by atoms with Crippen LogP contribution < -0.4 is 5.32 Å². The van der Waals surface area contributed by atoms with E-state index in [0.29, 0.717) is 0 Å². The van der Waals surface area contributed by atoms with Crippen LogP contribution in [0.25, 0.3) is 0 Å². The molecule has 0 aromatic heterocycles. The molecule has 1 aromatic rings. The monoisotopic (exact) mass is 243 g/mol. The number of benzene rings is 1. The van der Waals surface area contributed by atoms with E-state index < -0.39 is 10.1 Å². The van der Waals surface area contributed by atoms with E-state index >= 15 is 0 Å². The fraction of sp³-hybridized carbons (Fsp3) is 0.300. The highest BCUT2D eigenvalue weighted by Gasteiger charge is 2.14. The Hall–Kier alpha value is -1.40. The van der Waals surface area contributed by atoms with Gasteiger partial charge in [-0.3, -0.25) is 4.79 Å². The summed E-state index contributed by atoms with van der Waals surface area (Å²) in [4.78, 5) is 10.6. The predicted molar refractivity (Wildman–Crippen MR) is 58.1 cm³/mol. The van der Waals surface area contributed by atoms with Crippen LogP contribution >= 0.6 is 0 Å². The lowest BCUT2D eigenvalue weighted by Crippen LogP contribution is -2.25. The summed E-state index contributed by atoms with van der Waals surface area (Å²) < 4.78 is 27.7. The molecule has 0 atom stereocenters.